The second-order valence-corrected chi connectivity index (χ2v) is 7.58. The summed E-state index contributed by atoms with van der Waals surface area (Å²) in [7, 11) is 0. The molecule has 0 unspecified atom stereocenters. The summed E-state index contributed by atoms with van der Waals surface area (Å²) >= 11 is 3.03. The number of amides is 1. The average Bonchev–Trinajstić information content (AvgIpc) is 3.02. The molecule has 136 valence electrons. The normalized spacial score (nSPS) is 10.7. The highest BCUT2D eigenvalue weighted by Gasteiger charge is 2.12. The molecule has 0 atom stereocenters. The molecule has 5 nitrogen and oxygen atoms in total. The number of benzene rings is 1. The molecule has 2 rings (SSSR count). The number of ether oxygens (including phenoxy) is 1. The van der Waals surface area contributed by atoms with Gasteiger partial charge in [-0.1, -0.05) is 6.07 Å². The first kappa shape index (κ1) is 19.9. The maximum Gasteiger partial charge on any atom is 0.331 e. The van der Waals surface area contributed by atoms with Gasteiger partial charge in [-0.3, -0.25) is 9.59 Å². The standard InChI is InChI=1S/C19H19NO4S2/c1-12-4-6-15(26-12)7-9-19(23)24-11-17(22)14-5-8-18(25-3)16(10-14)20-13(2)21/h4-10H,11H2,1-3H3,(H,20,21)/b9-7+. The van der Waals surface area contributed by atoms with Crippen LogP contribution in [-0.2, 0) is 14.3 Å². The molecule has 1 aromatic heterocycles. The van der Waals surface area contributed by atoms with Crippen molar-refractivity contribution >= 4 is 52.5 Å². The van der Waals surface area contributed by atoms with Crippen molar-refractivity contribution in [3.63, 3.8) is 0 Å². The minimum atomic E-state index is -0.577. The number of thiophene rings is 1. The van der Waals surface area contributed by atoms with Crippen molar-refractivity contribution < 1.29 is 19.1 Å². The monoisotopic (exact) mass is 389 g/mol. The fourth-order valence-corrected chi connectivity index (χ4v) is 3.44. The van der Waals surface area contributed by atoms with Gasteiger partial charge >= 0.3 is 5.97 Å². The zero-order valence-electron chi connectivity index (χ0n) is 14.7. The number of carbonyl (C=O) groups is 3. The van der Waals surface area contributed by atoms with Gasteiger partial charge in [0, 0.05) is 33.2 Å². The van der Waals surface area contributed by atoms with Crippen LogP contribution in [0.1, 0.15) is 27.0 Å². The lowest BCUT2D eigenvalue weighted by atomic mass is 10.1. The fourth-order valence-electron chi connectivity index (χ4n) is 2.13. The van der Waals surface area contributed by atoms with Crippen LogP contribution in [0.4, 0.5) is 5.69 Å². The van der Waals surface area contributed by atoms with Crippen molar-refractivity contribution in [2.45, 2.75) is 18.7 Å². The number of esters is 1. The maximum atomic E-state index is 12.2. The molecule has 2 aromatic rings. The Bertz CT molecular complexity index is 855. The number of carbonyl (C=O) groups excluding carboxylic acids is 3. The summed E-state index contributed by atoms with van der Waals surface area (Å²) in [6.07, 6.45) is 4.84. The van der Waals surface area contributed by atoms with Gasteiger partial charge in [0.15, 0.2) is 12.4 Å². The third-order valence-electron chi connectivity index (χ3n) is 3.32. The van der Waals surface area contributed by atoms with Gasteiger partial charge < -0.3 is 10.1 Å². The average molecular weight is 389 g/mol. The van der Waals surface area contributed by atoms with Crippen LogP contribution in [0.2, 0.25) is 0 Å². The molecule has 26 heavy (non-hydrogen) atoms. The molecule has 1 aromatic carbocycles. The number of thioether (sulfide) groups is 1. The Balaban J connectivity index is 1.97. The smallest absolute Gasteiger partial charge is 0.331 e. The first-order valence-corrected chi connectivity index (χ1v) is 9.83. The summed E-state index contributed by atoms with van der Waals surface area (Å²) in [4.78, 5) is 38.2. The second-order valence-electron chi connectivity index (χ2n) is 5.41. The van der Waals surface area contributed by atoms with Crippen molar-refractivity contribution in [1.82, 2.24) is 0 Å². The van der Waals surface area contributed by atoms with Crippen LogP contribution in [-0.4, -0.2) is 30.5 Å². The van der Waals surface area contributed by atoms with E-state index >= 15 is 0 Å². The number of rotatable bonds is 7. The van der Waals surface area contributed by atoms with E-state index in [0.29, 0.717) is 11.3 Å². The maximum absolute atomic E-state index is 12.2. The minimum absolute atomic E-state index is 0.217. The van der Waals surface area contributed by atoms with Crippen LogP contribution in [0.5, 0.6) is 0 Å². The Labute approximate surface area is 160 Å². The molecule has 0 aliphatic rings. The molecule has 7 heteroatoms. The van der Waals surface area contributed by atoms with E-state index in [1.807, 2.05) is 25.3 Å². The highest BCUT2D eigenvalue weighted by atomic mass is 32.2. The Hall–Kier alpha value is -2.38. The van der Waals surface area contributed by atoms with Gasteiger partial charge in [0.2, 0.25) is 5.91 Å². The van der Waals surface area contributed by atoms with Crippen molar-refractivity contribution in [3.05, 3.63) is 51.7 Å². The van der Waals surface area contributed by atoms with Gasteiger partial charge in [0.25, 0.3) is 0 Å². The predicted octanol–water partition coefficient (Wildman–Crippen LogP) is 4.18. The summed E-state index contributed by atoms with van der Waals surface area (Å²) in [5.74, 6) is -1.13. The lowest BCUT2D eigenvalue weighted by Gasteiger charge is -2.10. The number of Topliss-reactive ketones (excluding diaryl/α,β-unsaturated/α-hetero) is 1. The largest absolute Gasteiger partial charge is 0.454 e. The van der Waals surface area contributed by atoms with Gasteiger partial charge in [-0.15, -0.1) is 23.1 Å². The van der Waals surface area contributed by atoms with E-state index in [1.54, 1.807) is 35.6 Å². The third kappa shape index (κ3) is 5.86. The number of hydrogen-bond donors (Lipinski definition) is 1. The summed E-state index contributed by atoms with van der Waals surface area (Å²) in [5.41, 5.74) is 0.937. The van der Waals surface area contributed by atoms with Crippen LogP contribution in [0, 0.1) is 6.92 Å². The lowest BCUT2D eigenvalue weighted by molar-refractivity contribution is -0.136. The molecule has 0 saturated heterocycles. The van der Waals surface area contributed by atoms with E-state index < -0.39 is 5.97 Å². The SMILES string of the molecule is CSc1ccc(C(=O)COC(=O)/C=C/c2ccc(C)s2)cc1NC(C)=O. The quantitative estimate of drug-likeness (QED) is 0.333. The van der Waals surface area contributed by atoms with Gasteiger partial charge in [0.1, 0.15) is 0 Å². The number of nitrogens with one attached hydrogen (secondary N) is 1. The minimum Gasteiger partial charge on any atom is -0.454 e. The summed E-state index contributed by atoms with van der Waals surface area (Å²) < 4.78 is 5.00. The molecule has 0 saturated carbocycles. The number of anilines is 1. The highest BCUT2D eigenvalue weighted by molar-refractivity contribution is 7.98. The molecule has 0 radical (unpaired) electrons. The van der Waals surface area contributed by atoms with E-state index in [1.165, 1.54) is 24.8 Å². The zero-order chi connectivity index (χ0) is 19.1. The van der Waals surface area contributed by atoms with Crippen LogP contribution >= 0.6 is 23.1 Å². The molecule has 0 spiro atoms. The number of ketones is 1. The second kappa shape index (κ2) is 9.35. The molecule has 0 aliphatic heterocycles. The van der Waals surface area contributed by atoms with Crippen LogP contribution in [0.25, 0.3) is 6.08 Å². The van der Waals surface area contributed by atoms with Gasteiger partial charge in [0.05, 0.1) is 5.69 Å². The molecule has 1 amide bonds. The van der Waals surface area contributed by atoms with Crippen molar-refractivity contribution in [1.29, 1.82) is 0 Å². The van der Waals surface area contributed by atoms with E-state index in [9.17, 15) is 14.4 Å². The highest BCUT2D eigenvalue weighted by Crippen LogP contribution is 2.26. The lowest BCUT2D eigenvalue weighted by Crippen LogP contribution is -2.13. The van der Waals surface area contributed by atoms with E-state index in [-0.39, 0.29) is 18.3 Å². The Kier molecular flexibility index (Phi) is 7.17. The van der Waals surface area contributed by atoms with Gasteiger partial charge in [-0.05, 0) is 43.5 Å². The molecule has 0 bridgehead atoms. The molecule has 1 N–H and O–H groups in total. The Morgan fingerprint density at radius 2 is 2.00 bits per heavy atom. The fraction of sp³-hybridized carbons (Fsp3) is 0.211. The molecular weight excluding hydrogens is 370 g/mol. The van der Waals surface area contributed by atoms with Crippen LogP contribution in [0.15, 0.2) is 41.3 Å². The summed E-state index contributed by atoms with van der Waals surface area (Å²) in [6.45, 7) is 3.03. The zero-order valence-corrected chi connectivity index (χ0v) is 16.3. The van der Waals surface area contributed by atoms with Crippen molar-refractivity contribution in [2.75, 3.05) is 18.2 Å². The number of aryl methyl sites for hydroxylation is 1. The van der Waals surface area contributed by atoms with Crippen LogP contribution < -0.4 is 5.32 Å². The molecule has 1 heterocycles. The van der Waals surface area contributed by atoms with Crippen molar-refractivity contribution in [3.8, 4) is 0 Å². The Morgan fingerprint density at radius 1 is 1.23 bits per heavy atom. The summed E-state index contributed by atoms with van der Waals surface area (Å²) in [5, 5.41) is 2.70. The topological polar surface area (TPSA) is 72.5 Å². The van der Waals surface area contributed by atoms with E-state index in [0.717, 1.165) is 14.6 Å². The molecule has 0 aliphatic carbocycles. The van der Waals surface area contributed by atoms with Gasteiger partial charge in [-0.25, -0.2) is 4.79 Å². The van der Waals surface area contributed by atoms with Gasteiger partial charge in [-0.2, -0.15) is 0 Å². The summed E-state index contributed by atoms with van der Waals surface area (Å²) in [6, 6.07) is 8.87. The van der Waals surface area contributed by atoms with Crippen molar-refractivity contribution in [2.24, 2.45) is 0 Å². The van der Waals surface area contributed by atoms with Crippen LogP contribution in [0.3, 0.4) is 0 Å². The van der Waals surface area contributed by atoms with E-state index in [4.69, 9.17) is 4.74 Å². The third-order valence-corrected chi connectivity index (χ3v) is 5.08. The molecular formula is C19H19NO4S2. The van der Waals surface area contributed by atoms with E-state index in [2.05, 4.69) is 5.32 Å². The predicted molar refractivity (Wildman–Crippen MR) is 106 cm³/mol. The first-order valence-electron chi connectivity index (χ1n) is 7.79. The number of hydrogen-bond acceptors (Lipinski definition) is 6. The first-order chi connectivity index (χ1) is 12.4. The molecule has 0 fully saturated rings. The Morgan fingerprint density at radius 3 is 2.62 bits per heavy atom.